The molecular formula is C9H17Cl3N2O2. The molecule has 0 heterocycles. The van der Waals surface area contributed by atoms with Crippen LogP contribution in [0.3, 0.4) is 0 Å². The van der Waals surface area contributed by atoms with E-state index in [1.54, 1.807) is 6.92 Å². The van der Waals surface area contributed by atoms with Gasteiger partial charge in [-0.15, -0.1) is 0 Å². The van der Waals surface area contributed by atoms with Gasteiger partial charge in [-0.05, 0) is 20.0 Å². The Kier molecular flexibility index (Phi) is 7.48. The van der Waals surface area contributed by atoms with E-state index in [9.17, 15) is 4.79 Å². The first-order chi connectivity index (χ1) is 7.36. The van der Waals surface area contributed by atoms with Gasteiger partial charge in [-0.1, -0.05) is 48.7 Å². The van der Waals surface area contributed by atoms with E-state index >= 15 is 0 Å². The topological polar surface area (TPSA) is 41.6 Å². The van der Waals surface area contributed by atoms with Crippen LogP contribution in [0.2, 0.25) is 0 Å². The smallest absolute Gasteiger partial charge is 0.408 e. The minimum absolute atomic E-state index is 0.274. The van der Waals surface area contributed by atoms with Crippen molar-refractivity contribution in [3.05, 3.63) is 0 Å². The average molecular weight is 292 g/mol. The first kappa shape index (κ1) is 16.1. The SMILES string of the molecule is CCOC(=O)N[C@H](N(CC)CC)C(Cl)(Cl)Cl. The molecule has 0 unspecified atom stereocenters. The second-order valence-electron chi connectivity index (χ2n) is 3.03. The molecule has 0 aliphatic carbocycles. The minimum atomic E-state index is -1.60. The lowest BCUT2D eigenvalue weighted by molar-refractivity contribution is 0.123. The fourth-order valence-corrected chi connectivity index (χ4v) is 1.83. The zero-order valence-corrected chi connectivity index (χ0v) is 11.9. The van der Waals surface area contributed by atoms with Gasteiger partial charge in [0.15, 0.2) is 0 Å². The summed E-state index contributed by atoms with van der Waals surface area (Å²) in [5, 5.41) is 2.53. The van der Waals surface area contributed by atoms with Crippen LogP contribution in [0.15, 0.2) is 0 Å². The van der Waals surface area contributed by atoms with Crippen molar-refractivity contribution in [1.82, 2.24) is 10.2 Å². The molecule has 1 N–H and O–H groups in total. The van der Waals surface area contributed by atoms with Crippen molar-refractivity contribution in [3.8, 4) is 0 Å². The molecule has 4 nitrogen and oxygen atoms in total. The van der Waals surface area contributed by atoms with Crippen LogP contribution in [0.1, 0.15) is 20.8 Å². The van der Waals surface area contributed by atoms with Crippen LogP contribution in [0, 0.1) is 0 Å². The maximum atomic E-state index is 11.3. The summed E-state index contributed by atoms with van der Waals surface area (Å²) in [6.45, 7) is 7.13. The zero-order chi connectivity index (χ0) is 12.8. The van der Waals surface area contributed by atoms with Gasteiger partial charge in [0.05, 0.1) is 6.61 Å². The van der Waals surface area contributed by atoms with Crippen LogP contribution in [-0.2, 0) is 4.74 Å². The summed E-state index contributed by atoms with van der Waals surface area (Å²) < 4.78 is 3.16. The fraction of sp³-hybridized carbons (Fsp3) is 0.889. The maximum Gasteiger partial charge on any atom is 0.408 e. The monoisotopic (exact) mass is 290 g/mol. The van der Waals surface area contributed by atoms with Gasteiger partial charge in [-0.2, -0.15) is 0 Å². The number of nitrogens with zero attached hydrogens (tertiary/aromatic N) is 1. The number of carbonyl (C=O) groups excluding carboxylic acids is 1. The van der Waals surface area contributed by atoms with Crippen molar-refractivity contribution >= 4 is 40.9 Å². The van der Waals surface area contributed by atoms with Gasteiger partial charge in [0.25, 0.3) is 0 Å². The van der Waals surface area contributed by atoms with E-state index < -0.39 is 16.1 Å². The molecule has 0 saturated carbocycles. The first-order valence-electron chi connectivity index (χ1n) is 5.10. The summed E-state index contributed by atoms with van der Waals surface area (Å²) in [5.74, 6) is 0. The Morgan fingerprint density at radius 1 is 1.31 bits per heavy atom. The highest BCUT2D eigenvalue weighted by molar-refractivity contribution is 6.68. The van der Waals surface area contributed by atoms with Gasteiger partial charge in [0.1, 0.15) is 6.17 Å². The number of carbonyl (C=O) groups is 1. The van der Waals surface area contributed by atoms with Crippen LogP contribution in [-0.4, -0.2) is 40.6 Å². The van der Waals surface area contributed by atoms with Crippen LogP contribution in [0.4, 0.5) is 4.79 Å². The molecular weight excluding hydrogens is 274 g/mol. The summed E-state index contributed by atoms with van der Waals surface area (Å²) in [5.41, 5.74) is 0. The highest BCUT2D eigenvalue weighted by atomic mass is 35.6. The quantitative estimate of drug-likeness (QED) is 0.625. The Labute approximate surface area is 111 Å². The Morgan fingerprint density at radius 2 is 1.81 bits per heavy atom. The van der Waals surface area contributed by atoms with Gasteiger partial charge in [0, 0.05) is 0 Å². The number of rotatable bonds is 5. The van der Waals surface area contributed by atoms with Gasteiger partial charge >= 0.3 is 6.09 Å². The zero-order valence-electron chi connectivity index (χ0n) is 9.60. The molecule has 0 fully saturated rings. The van der Waals surface area contributed by atoms with E-state index in [4.69, 9.17) is 39.5 Å². The highest BCUT2D eigenvalue weighted by Gasteiger charge is 2.37. The van der Waals surface area contributed by atoms with E-state index in [2.05, 4.69) is 5.32 Å². The molecule has 16 heavy (non-hydrogen) atoms. The van der Waals surface area contributed by atoms with E-state index in [1.807, 2.05) is 18.7 Å². The molecule has 0 radical (unpaired) electrons. The van der Waals surface area contributed by atoms with Crippen molar-refractivity contribution in [2.45, 2.75) is 30.7 Å². The van der Waals surface area contributed by atoms with Crippen molar-refractivity contribution in [2.24, 2.45) is 0 Å². The van der Waals surface area contributed by atoms with Crippen LogP contribution in [0.25, 0.3) is 0 Å². The number of alkyl halides is 3. The van der Waals surface area contributed by atoms with Crippen LogP contribution >= 0.6 is 34.8 Å². The first-order valence-corrected chi connectivity index (χ1v) is 6.24. The summed E-state index contributed by atoms with van der Waals surface area (Å²) >= 11 is 17.4. The maximum absolute atomic E-state index is 11.3. The van der Waals surface area contributed by atoms with Gasteiger partial charge in [-0.25, -0.2) is 4.79 Å². The Bertz CT molecular complexity index is 217. The van der Waals surface area contributed by atoms with E-state index in [1.165, 1.54) is 0 Å². The van der Waals surface area contributed by atoms with Crippen molar-refractivity contribution in [2.75, 3.05) is 19.7 Å². The van der Waals surface area contributed by atoms with Gasteiger partial charge < -0.3 is 10.1 Å². The van der Waals surface area contributed by atoms with Crippen molar-refractivity contribution in [1.29, 1.82) is 0 Å². The Hall–Kier alpha value is 0.1000. The molecule has 0 bridgehead atoms. The molecule has 0 spiro atoms. The number of alkyl carbamates (subject to hydrolysis) is 1. The molecule has 0 aromatic rings. The van der Waals surface area contributed by atoms with Crippen LogP contribution in [0.5, 0.6) is 0 Å². The van der Waals surface area contributed by atoms with E-state index in [0.717, 1.165) is 0 Å². The summed E-state index contributed by atoms with van der Waals surface area (Å²) in [6.07, 6.45) is -1.29. The summed E-state index contributed by atoms with van der Waals surface area (Å²) in [6, 6.07) is 0. The fourth-order valence-electron chi connectivity index (χ4n) is 1.25. The number of nitrogens with one attached hydrogen (secondary N) is 1. The second kappa shape index (κ2) is 7.43. The molecule has 0 aromatic heterocycles. The second-order valence-corrected chi connectivity index (χ2v) is 5.40. The van der Waals surface area contributed by atoms with E-state index in [0.29, 0.717) is 13.1 Å². The molecule has 0 saturated heterocycles. The lowest BCUT2D eigenvalue weighted by atomic mass is 10.4. The molecule has 1 atom stereocenters. The summed E-state index contributed by atoms with van der Waals surface area (Å²) in [4.78, 5) is 13.1. The normalized spacial score (nSPS) is 13.7. The van der Waals surface area contributed by atoms with Gasteiger partial charge in [-0.3, -0.25) is 4.90 Å². The number of hydrogen-bond donors (Lipinski definition) is 1. The third kappa shape index (κ3) is 5.43. The van der Waals surface area contributed by atoms with Crippen molar-refractivity contribution in [3.63, 3.8) is 0 Å². The molecule has 0 aliphatic heterocycles. The summed E-state index contributed by atoms with van der Waals surface area (Å²) in [7, 11) is 0. The largest absolute Gasteiger partial charge is 0.450 e. The van der Waals surface area contributed by atoms with E-state index in [-0.39, 0.29) is 6.61 Å². The number of ether oxygens (including phenoxy) is 1. The predicted molar refractivity (Wildman–Crippen MR) is 67.2 cm³/mol. The molecule has 0 aliphatic rings. The molecule has 1 amide bonds. The lowest BCUT2D eigenvalue weighted by Gasteiger charge is -2.34. The predicted octanol–water partition coefficient (Wildman–Crippen LogP) is 2.77. The standard InChI is InChI=1S/C9H17Cl3N2O2/c1-4-14(5-2)7(9(10,11)12)13-8(15)16-6-3/h7H,4-6H2,1-3H3,(H,13,15)/t7-/m1/s1. The number of hydrogen-bond acceptors (Lipinski definition) is 3. The molecule has 0 rings (SSSR count). The molecule has 7 heteroatoms. The third-order valence-electron chi connectivity index (χ3n) is 2.02. The lowest BCUT2D eigenvalue weighted by Crippen LogP contribution is -2.55. The minimum Gasteiger partial charge on any atom is -0.450 e. The molecule has 96 valence electrons. The van der Waals surface area contributed by atoms with Gasteiger partial charge in [0.2, 0.25) is 3.79 Å². The Morgan fingerprint density at radius 3 is 2.12 bits per heavy atom. The molecule has 0 aromatic carbocycles. The van der Waals surface area contributed by atoms with Crippen LogP contribution < -0.4 is 5.32 Å². The number of amides is 1. The number of halogens is 3. The average Bonchev–Trinajstić information content (AvgIpc) is 2.17. The Balaban J connectivity index is 4.62. The highest BCUT2D eigenvalue weighted by Crippen LogP contribution is 2.32. The third-order valence-corrected chi connectivity index (χ3v) is 2.64. The van der Waals surface area contributed by atoms with Crippen molar-refractivity contribution < 1.29 is 9.53 Å².